The van der Waals surface area contributed by atoms with Gasteiger partial charge in [-0.25, -0.2) is 0 Å². The zero-order valence-corrected chi connectivity index (χ0v) is 16.0. The number of hydrogen-bond acceptors (Lipinski definition) is 4. The van der Waals surface area contributed by atoms with Gasteiger partial charge in [0.05, 0.1) is 5.34 Å². The molecule has 6 nitrogen and oxygen atoms in total. The van der Waals surface area contributed by atoms with Crippen LogP contribution in [0, 0.1) is 6.92 Å². The van der Waals surface area contributed by atoms with E-state index >= 15 is 0 Å². The second kappa shape index (κ2) is 7.11. The zero-order valence-electron chi connectivity index (χ0n) is 15.3. The highest BCUT2D eigenvalue weighted by atomic mass is 35.5. The third-order valence-corrected chi connectivity index (χ3v) is 4.48. The van der Waals surface area contributed by atoms with Crippen LogP contribution in [0.2, 0.25) is 5.02 Å². The number of pyridine rings is 1. The number of carboxylic acids is 1. The lowest BCUT2D eigenvalue weighted by Gasteiger charge is -2.22. The Bertz CT molecular complexity index is 921. The number of aromatic hydroxyl groups is 1. The molecule has 0 saturated heterocycles. The van der Waals surface area contributed by atoms with Gasteiger partial charge in [0.25, 0.3) is 5.91 Å². The first-order valence-corrected chi connectivity index (χ1v) is 8.36. The third-order valence-electron chi connectivity index (χ3n) is 4.24. The molecule has 0 radical (unpaired) electrons. The van der Waals surface area contributed by atoms with Crippen molar-refractivity contribution in [3.8, 4) is 16.9 Å². The van der Waals surface area contributed by atoms with Gasteiger partial charge in [0.1, 0.15) is 29.3 Å². The highest BCUT2D eigenvalue weighted by molar-refractivity contribution is 6.51. The van der Waals surface area contributed by atoms with Crippen LogP contribution >= 0.6 is 11.6 Å². The number of aromatic nitrogens is 1. The summed E-state index contributed by atoms with van der Waals surface area (Å²) in [6.07, 6.45) is 0. The first-order valence-electron chi connectivity index (χ1n) is 7.98. The lowest BCUT2D eigenvalue weighted by molar-refractivity contribution is -0.138. The Hall–Kier alpha value is -2.34. The molecule has 1 heterocycles. The summed E-state index contributed by atoms with van der Waals surface area (Å²) >= 11 is 6.09. The molecule has 0 aliphatic heterocycles. The number of carboxylic acid groups (broad SMARTS) is 1. The van der Waals surface area contributed by atoms with Crippen molar-refractivity contribution in [3.05, 3.63) is 34.5 Å². The number of carbonyl (C=O) groups excluding carboxylic acids is 1. The van der Waals surface area contributed by atoms with E-state index in [4.69, 9.17) is 16.7 Å². The summed E-state index contributed by atoms with van der Waals surface area (Å²) in [6, 6.07) is 5.42. The zero-order chi connectivity index (χ0) is 19.8. The molecule has 0 aliphatic carbocycles. The van der Waals surface area contributed by atoms with Crippen molar-refractivity contribution in [2.45, 2.75) is 12.3 Å². The number of aryl methyl sites for hydroxylation is 1. The maximum Gasteiger partial charge on any atom is 0.311 e. The van der Waals surface area contributed by atoms with Gasteiger partial charge in [-0.05, 0) is 41.2 Å². The van der Waals surface area contributed by atoms with Crippen LogP contribution in [-0.2, 0) is 4.79 Å². The molecule has 1 aromatic heterocycles. The fraction of sp³-hybridized carbons (Fsp3) is 0.133. The van der Waals surface area contributed by atoms with Gasteiger partial charge < -0.3 is 15.5 Å². The maximum atomic E-state index is 12.4. The molecular weight excluding hydrogens is 351 g/mol. The van der Waals surface area contributed by atoms with E-state index in [1.165, 1.54) is 15.7 Å². The van der Waals surface area contributed by atoms with Gasteiger partial charge in [0.2, 0.25) is 0 Å². The van der Waals surface area contributed by atoms with Gasteiger partial charge >= 0.3 is 5.97 Å². The summed E-state index contributed by atoms with van der Waals surface area (Å²) in [6.45, 7) is 1.91. The lowest BCUT2D eigenvalue weighted by atomic mass is 9.62. The Labute approximate surface area is 160 Å². The summed E-state index contributed by atoms with van der Waals surface area (Å²) < 4.78 is 0. The molecule has 1 amide bonds. The van der Waals surface area contributed by atoms with Gasteiger partial charge in [0, 0.05) is 10.6 Å². The molecule has 1 aromatic carbocycles. The van der Waals surface area contributed by atoms with Gasteiger partial charge in [-0.1, -0.05) is 17.7 Å². The molecule has 0 bridgehead atoms. The Balaban J connectivity index is 2.57. The average molecular weight is 368 g/mol. The Kier molecular flexibility index (Phi) is 5.47. The highest BCUT2D eigenvalue weighted by Crippen LogP contribution is 2.26. The summed E-state index contributed by atoms with van der Waals surface area (Å²) in [5.41, 5.74) is 3.25. The minimum Gasteiger partial charge on any atom is -0.506 e. The van der Waals surface area contributed by atoms with E-state index in [1.807, 2.05) is 13.0 Å². The van der Waals surface area contributed by atoms with Crippen molar-refractivity contribution in [2.24, 2.45) is 0 Å². The van der Waals surface area contributed by atoms with E-state index in [1.54, 1.807) is 27.8 Å². The predicted octanol–water partition coefficient (Wildman–Crippen LogP) is -3.33. The van der Waals surface area contributed by atoms with Crippen LogP contribution < -0.4 is 16.4 Å². The molecule has 3 N–H and O–H groups in total. The van der Waals surface area contributed by atoms with Crippen LogP contribution in [0.15, 0.2) is 18.2 Å². The molecule has 0 saturated carbocycles. The summed E-state index contributed by atoms with van der Waals surface area (Å²) in [4.78, 5) is 27.9. The maximum absolute atomic E-state index is 12.4. The van der Waals surface area contributed by atoms with Gasteiger partial charge in [-0.2, -0.15) is 0 Å². The van der Waals surface area contributed by atoms with Crippen molar-refractivity contribution in [1.29, 1.82) is 0 Å². The number of nitrogens with zero attached hydrogens (tertiary/aromatic N) is 1. The molecule has 2 rings (SSSR count). The molecule has 2 aromatic rings. The first-order chi connectivity index (χ1) is 12.0. The molecule has 26 heavy (non-hydrogen) atoms. The number of aliphatic carboxylic acids is 1. The standard InChI is InChI=1S/C15H17B4ClN2O4/c1-5-2-3-6(20)4-7(5)8-9(16)11(23)10(21-12(8)17)13(24)22-15(18,19)14(25)26/h2-4,23H,16-19H2,1H3,(H,22,24)(H,25,26). The second-order valence-electron chi connectivity index (χ2n) is 6.74. The minimum absolute atomic E-state index is 0.210. The van der Waals surface area contributed by atoms with Crippen LogP contribution in [0.4, 0.5) is 0 Å². The number of benzene rings is 1. The van der Waals surface area contributed by atoms with E-state index in [9.17, 15) is 14.7 Å². The second-order valence-corrected chi connectivity index (χ2v) is 7.17. The lowest BCUT2D eigenvalue weighted by Crippen LogP contribution is -2.56. The van der Waals surface area contributed by atoms with Crippen LogP contribution in [0.1, 0.15) is 16.1 Å². The van der Waals surface area contributed by atoms with Crippen molar-refractivity contribution in [1.82, 2.24) is 10.3 Å². The molecule has 11 heteroatoms. The van der Waals surface area contributed by atoms with Crippen LogP contribution in [-0.4, -0.2) is 63.8 Å². The number of carbonyl (C=O) groups is 2. The Morgan fingerprint density at radius 2 is 1.88 bits per heavy atom. The average Bonchev–Trinajstić information content (AvgIpc) is 2.53. The molecule has 130 valence electrons. The smallest absolute Gasteiger partial charge is 0.311 e. The van der Waals surface area contributed by atoms with Crippen LogP contribution in [0.25, 0.3) is 11.1 Å². The fourth-order valence-corrected chi connectivity index (χ4v) is 2.83. The van der Waals surface area contributed by atoms with E-state index in [0.29, 0.717) is 21.6 Å². The molecule has 0 spiro atoms. The quantitative estimate of drug-likeness (QED) is 0.491. The summed E-state index contributed by atoms with van der Waals surface area (Å²) in [7, 11) is 6.11. The normalized spacial score (nSPS) is 11.2. The number of nitrogens with one attached hydrogen (secondary N) is 1. The van der Waals surface area contributed by atoms with Crippen LogP contribution in [0.3, 0.4) is 0 Å². The Morgan fingerprint density at radius 1 is 1.27 bits per heavy atom. The molecule has 0 fully saturated rings. The number of halogens is 1. The molecule has 0 unspecified atom stereocenters. The van der Waals surface area contributed by atoms with Crippen molar-refractivity contribution in [3.63, 3.8) is 0 Å². The SMILES string of the molecule is Bc1nc(C(=O)NC(B)(B)C(=O)O)c(O)c(B)c1-c1cc(Cl)ccc1C. The van der Waals surface area contributed by atoms with E-state index in [2.05, 4.69) is 10.3 Å². The van der Waals surface area contributed by atoms with Crippen LogP contribution in [0.5, 0.6) is 5.75 Å². The van der Waals surface area contributed by atoms with Crippen molar-refractivity contribution >= 4 is 65.9 Å². The van der Waals surface area contributed by atoms with E-state index in [-0.39, 0.29) is 11.4 Å². The van der Waals surface area contributed by atoms with Gasteiger partial charge in [0.15, 0.2) is 13.5 Å². The summed E-state index contributed by atoms with van der Waals surface area (Å²) in [5.74, 6) is -2.23. The fourth-order valence-electron chi connectivity index (χ4n) is 2.66. The number of amides is 1. The highest BCUT2D eigenvalue weighted by Gasteiger charge is 2.31. The minimum atomic E-state index is -1.49. The van der Waals surface area contributed by atoms with E-state index in [0.717, 1.165) is 11.1 Å². The first kappa shape index (κ1) is 20.0. The molecule has 0 aliphatic rings. The molecular formula is C15H17B4ClN2O4. The van der Waals surface area contributed by atoms with Crippen molar-refractivity contribution < 1.29 is 19.8 Å². The molecule has 0 atom stereocenters. The predicted molar refractivity (Wildman–Crippen MR) is 112 cm³/mol. The van der Waals surface area contributed by atoms with Gasteiger partial charge in [-0.15, -0.1) is 0 Å². The monoisotopic (exact) mass is 368 g/mol. The Morgan fingerprint density at radius 3 is 2.46 bits per heavy atom. The number of rotatable bonds is 4. The summed E-state index contributed by atoms with van der Waals surface area (Å²) in [5, 5.41) is 21.1. The van der Waals surface area contributed by atoms with Crippen molar-refractivity contribution in [2.75, 3.05) is 0 Å². The largest absolute Gasteiger partial charge is 0.506 e. The van der Waals surface area contributed by atoms with E-state index < -0.39 is 17.2 Å². The van der Waals surface area contributed by atoms with Gasteiger partial charge in [-0.3, -0.25) is 14.6 Å². The number of hydrogen-bond donors (Lipinski definition) is 3. The topological polar surface area (TPSA) is 99.5 Å². The third kappa shape index (κ3) is 3.75.